The molecule has 2 heterocycles. The zero-order chi connectivity index (χ0) is 21.1. The van der Waals surface area contributed by atoms with Crippen LogP contribution in [0.25, 0.3) is 33.4 Å². The summed E-state index contributed by atoms with van der Waals surface area (Å²) in [4.78, 5) is 13.2. The molecule has 0 aliphatic heterocycles. The van der Waals surface area contributed by atoms with Crippen molar-refractivity contribution in [2.24, 2.45) is 0 Å². The van der Waals surface area contributed by atoms with Crippen LogP contribution in [0.5, 0.6) is 5.75 Å². The molecule has 4 aromatic rings. The van der Waals surface area contributed by atoms with Crippen molar-refractivity contribution in [2.75, 3.05) is 25.6 Å². The van der Waals surface area contributed by atoms with E-state index in [0.29, 0.717) is 45.0 Å². The quantitative estimate of drug-likeness (QED) is 0.483. The SMILES string of the molecule is COc1cc(-c2ccc(F)c(F)c2)cc2c(NCCF)nc(-c3cccnc3)nc12. The molecule has 0 fully saturated rings. The van der Waals surface area contributed by atoms with E-state index >= 15 is 0 Å². The number of aromatic nitrogens is 3. The summed E-state index contributed by atoms with van der Waals surface area (Å²) in [6, 6.07) is 10.6. The highest BCUT2D eigenvalue weighted by molar-refractivity contribution is 5.97. The number of halogens is 3. The lowest BCUT2D eigenvalue weighted by Crippen LogP contribution is -2.07. The largest absolute Gasteiger partial charge is 0.494 e. The Bertz CT molecular complexity index is 1200. The Hall–Kier alpha value is -3.68. The second kappa shape index (κ2) is 8.36. The highest BCUT2D eigenvalue weighted by Gasteiger charge is 2.16. The van der Waals surface area contributed by atoms with E-state index in [1.807, 2.05) is 6.07 Å². The van der Waals surface area contributed by atoms with Gasteiger partial charge in [0.2, 0.25) is 0 Å². The lowest BCUT2D eigenvalue weighted by atomic mass is 10.0. The summed E-state index contributed by atoms with van der Waals surface area (Å²) >= 11 is 0. The maximum absolute atomic E-state index is 13.8. The van der Waals surface area contributed by atoms with Gasteiger partial charge in [-0.1, -0.05) is 6.07 Å². The van der Waals surface area contributed by atoms with E-state index in [1.54, 1.807) is 30.6 Å². The monoisotopic (exact) mass is 410 g/mol. The third kappa shape index (κ3) is 3.76. The highest BCUT2D eigenvalue weighted by atomic mass is 19.2. The van der Waals surface area contributed by atoms with Gasteiger partial charge in [0.15, 0.2) is 17.5 Å². The van der Waals surface area contributed by atoms with E-state index in [9.17, 15) is 13.2 Å². The van der Waals surface area contributed by atoms with Crippen LogP contribution in [-0.4, -0.2) is 35.3 Å². The van der Waals surface area contributed by atoms with Gasteiger partial charge in [0, 0.05) is 29.9 Å². The molecule has 4 rings (SSSR count). The molecule has 0 unspecified atom stereocenters. The molecule has 2 aromatic carbocycles. The average molecular weight is 410 g/mol. The van der Waals surface area contributed by atoms with Gasteiger partial charge in [-0.15, -0.1) is 0 Å². The summed E-state index contributed by atoms with van der Waals surface area (Å²) in [5, 5.41) is 3.53. The molecule has 5 nitrogen and oxygen atoms in total. The molecule has 0 aliphatic rings. The molecule has 0 atom stereocenters. The molecule has 0 amide bonds. The van der Waals surface area contributed by atoms with Crippen molar-refractivity contribution < 1.29 is 17.9 Å². The molecule has 1 N–H and O–H groups in total. The summed E-state index contributed by atoms with van der Waals surface area (Å²) < 4.78 is 45.5. The zero-order valence-corrected chi connectivity index (χ0v) is 16.0. The Morgan fingerprint density at radius 1 is 0.967 bits per heavy atom. The van der Waals surface area contributed by atoms with Crippen LogP contribution in [0.1, 0.15) is 0 Å². The first-order valence-electron chi connectivity index (χ1n) is 9.16. The van der Waals surface area contributed by atoms with Crippen molar-refractivity contribution in [3.63, 3.8) is 0 Å². The smallest absolute Gasteiger partial charge is 0.163 e. The molecule has 0 bridgehead atoms. The van der Waals surface area contributed by atoms with Gasteiger partial charge in [0.25, 0.3) is 0 Å². The Morgan fingerprint density at radius 2 is 1.83 bits per heavy atom. The molecular formula is C22H17F3N4O. The topological polar surface area (TPSA) is 59.9 Å². The van der Waals surface area contributed by atoms with Crippen molar-refractivity contribution in [2.45, 2.75) is 0 Å². The lowest BCUT2D eigenvalue weighted by molar-refractivity contribution is 0.419. The summed E-state index contributed by atoms with van der Waals surface area (Å²) in [5.74, 6) is -0.662. The third-order valence-corrected chi connectivity index (χ3v) is 4.54. The number of ether oxygens (including phenoxy) is 1. The van der Waals surface area contributed by atoms with Crippen molar-refractivity contribution in [1.82, 2.24) is 15.0 Å². The van der Waals surface area contributed by atoms with Gasteiger partial charge in [0.05, 0.1) is 7.11 Å². The van der Waals surface area contributed by atoms with Crippen LogP contribution < -0.4 is 10.1 Å². The van der Waals surface area contributed by atoms with E-state index in [4.69, 9.17) is 4.74 Å². The van der Waals surface area contributed by atoms with Crippen LogP contribution >= 0.6 is 0 Å². The van der Waals surface area contributed by atoms with Gasteiger partial charge in [0.1, 0.15) is 23.8 Å². The second-order valence-electron chi connectivity index (χ2n) is 6.46. The molecule has 0 spiro atoms. The molecule has 0 radical (unpaired) electrons. The minimum Gasteiger partial charge on any atom is -0.494 e. The number of rotatable bonds is 6. The first kappa shape index (κ1) is 19.6. The minimum absolute atomic E-state index is 0.0519. The van der Waals surface area contributed by atoms with E-state index < -0.39 is 18.3 Å². The van der Waals surface area contributed by atoms with Crippen LogP contribution in [0.2, 0.25) is 0 Å². The average Bonchev–Trinajstić information content (AvgIpc) is 2.79. The Morgan fingerprint density at radius 3 is 2.53 bits per heavy atom. The number of pyridine rings is 1. The molecular weight excluding hydrogens is 393 g/mol. The third-order valence-electron chi connectivity index (χ3n) is 4.54. The number of anilines is 1. The Balaban J connectivity index is 1.95. The van der Waals surface area contributed by atoms with E-state index in [1.165, 1.54) is 13.2 Å². The van der Waals surface area contributed by atoms with E-state index in [-0.39, 0.29) is 6.54 Å². The standard InChI is InChI=1S/C22H17F3N4O/c1-30-19-11-15(13-4-5-17(24)18(25)10-13)9-16-20(19)28-21(14-3-2-7-26-12-14)29-22(16)27-8-6-23/h2-5,7,9-12H,6,8H2,1H3,(H,27,28,29). The van der Waals surface area contributed by atoms with Gasteiger partial charge >= 0.3 is 0 Å². The van der Waals surface area contributed by atoms with Gasteiger partial charge in [-0.2, -0.15) is 0 Å². The number of nitrogens with one attached hydrogen (secondary N) is 1. The zero-order valence-electron chi connectivity index (χ0n) is 16.0. The first-order chi connectivity index (χ1) is 14.6. The predicted octanol–water partition coefficient (Wildman–Crippen LogP) is 5.03. The fourth-order valence-corrected chi connectivity index (χ4v) is 3.12. The molecule has 0 saturated carbocycles. The molecule has 152 valence electrons. The van der Waals surface area contributed by atoms with Crippen LogP contribution in [0, 0.1) is 11.6 Å². The predicted molar refractivity (Wildman–Crippen MR) is 109 cm³/mol. The molecule has 30 heavy (non-hydrogen) atoms. The van der Waals surface area contributed by atoms with Gasteiger partial charge in [-0.25, -0.2) is 23.1 Å². The van der Waals surface area contributed by atoms with Crippen molar-refractivity contribution >= 4 is 16.7 Å². The van der Waals surface area contributed by atoms with E-state index in [0.717, 1.165) is 12.1 Å². The van der Waals surface area contributed by atoms with Crippen LogP contribution in [0.15, 0.2) is 54.9 Å². The fraction of sp³-hybridized carbons (Fsp3) is 0.136. The van der Waals surface area contributed by atoms with E-state index in [2.05, 4.69) is 20.3 Å². The van der Waals surface area contributed by atoms with Gasteiger partial charge < -0.3 is 10.1 Å². The second-order valence-corrected chi connectivity index (χ2v) is 6.46. The first-order valence-corrected chi connectivity index (χ1v) is 9.16. The number of alkyl halides is 1. The van der Waals surface area contributed by atoms with Gasteiger partial charge in [-0.3, -0.25) is 4.98 Å². The highest BCUT2D eigenvalue weighted by Crippen LogP contribution is 2.36. The van der Waals surface area contributed by atoms with Crippen LogP contribution in [0.3, 0.4) is 0 Å². The van der Waals surface area contributed by atoms with Gasteiger partial charge in [-0.05, 0) is 47.5 Å². The van der Waals surface area contributed by atoms with Crippen LogP contribution in [0.4, 0.5) is 19.0 Å². The fourth-order valence-electron chi connectivity index (χ4n) is 3.12. The number of methoxy groups -OCH3 is 1. The Kier molecular flexibility index (Phi) is 5.47. The number of nitrogens with zero attached hydrogens (tertiary/aromatic N) is 3. The summed E-state index contributed by atoms with van der Waals surface area (Å²) in [6.07, 6.45) is 3.27. The Labute approximate surface area is 170 Å². The van der Waals surface area contributed by atoms with Crippen molar-refractivity contribution in [3.8, 4) is 28.3 Å². The van der Waals surface area contributed by atoms with Crippen molar-refractivity contribution in [3.05, 3.63) is 66.5 Å². The maximum Gasteiger partial charge on any atom is 0.163 e. The molecule has 0 saturated heterocycles. The molecule has 0 aliphatic carbocycles. The number of hydrogen-bond acceptors (Lipinski definition) is 5. The number of fused-ring (bicyclic) bond motifs is 1. The van der Waals surface area contributed by atoms with Crippen LogP contribution in [-0.2, 0) is 0 Å². The normalized spacial score (nSPS) is 10.9. The summed E-state index contributed by atoms with van der Waals surface area (Å²) in [7, 11) is 1.49. The lowest BCUT2D eigenvalue weighted by Gasteiger charge is -2.14. The number of hydrogen-bond donors (Lipinski definition) is 1. The summed E-state index contributed by atoms with van der Waals surface area (Å²) in [6.45, 7) is -0.538. The minimum atomic E-state index is -0.953. The number of benzene rings is 2. The van der Waals surface area contributed by atoms with Crippen molar-refractivity contribution in [1.29, 1.82) is 0 Å². The molecule has 8 heteroatoms. The molecule has 2 aromatic heterocycles. The maximum atomic E-state index is 13.8. The summed E-state index contributed by atoms with van der Waals surface area (Å²) in [5.41, 5.74) is 2.23.